The summed E-state index contributed by atoms with van der Waals surface area (Å²) in [7, 11) is 0. The van der Waals surface area contributed by atoms with Crippen LogP contribution in [0.2, 0.25) is 0 Å². The number of carbonyl (C=O) groups excluding carboxylic acids is 2. The predicted molar refractivity (Wildman–Crippen MR) is 122 cm³/mol. The Kier molecular flexibility index (Phi) is 4.29. The molecule has 0 aromatic heterocycles. The number of fused-ring (bicyclic) bond motifs is 2. The number of hydrogen-bond donors (Lipinski definition) is 0. The maximum atomic E-state index is 13.4. The molecule has 2 aromatic carbocycles. The van der Waals surface area contributed by atoms with E-state index in [0.717, 1.165) is 17.5 Å². The maximum absolute atomic E-state index is 13.4. The largest absolute Gasteiger partial charge is 0.444 e. The van der Waals surface area contributed by atoms with E-state index in [0.29, 0.717) is 26.1 Å². The number of carbonyl (C=O) groups is 2. The van der Waals surface area contributed by atoms with E-state index in [4.69, 9.17) is 9.47 Å². The van der Waals surface area contributed by atoms with Gasteiger partial charge < -0.3 is 19.3 Å². The lowest BCUT2D eigenvalue weighted by molar-refractivity contribution is -0.149. The zero-order valence-electron chi connectivity index (χ0n) is 19.4. The Hall–Kier alpha value is -2.86. The molecule has 6 nitrogen and oxygen atoms in total. The van der Waals surface area contributed by atoms with Crippen molar-refractivity contribution in [2.24, 2.45) is 5.92 Å². The van der Waals surface area contributed by atoms with E-state index >= 15 is 0 Å². The summed E-state index contributed by atoms with van der Waals surface area (Å²) in [6.07, 6.45) is 1.04. The van der Waals surface area contributed by atoms with E-state index in [2.05, 4.69) is 30.3 Å². The molecule has 6 heteroatoms. The molecule has 1 aliphatic carbocycles. The number of likely N-dealkylation sites (tertiary alicyclic amines) is 1. The Bertz CT molecular complexity index is 1120. The van der Waals surface area contributed by atoms with Crippen LogP contribution in [0.3, 0.4) is 0 Å². The fourth-order valence-corrected chi connectivity index (χ4v) is 6.54. The van der Waals surface area contributed by atoms with Crippen LogP contribution in [-0.2, 0) is 25.4 Å². The van der Waals surface area contributed by atoms with Gasteiger partial charge in [-0.25, -0.2) is 4.79 Å². The van der Waals surface area contributed by atoms with E-state index < -0.39 is 11.3 Å². The zero-order valence-corrected chi connectivity index (χ0v) is 19.4. The van der Waals surface area contributed by atoms with Gasteiger partial charge in [0.25, 0.3) is 0 Å². The molecule has 6 rings (SSSR count). The molecular formula is C27H30N2O4. The molecule has 0 N–H and O–H groups in total. The molecule has 172 valence electrons. The molecule has 0 saturated carbocycles. The van der Waals surface area contributed by atoms with E-state index in [1.165, 1.54) is 5.56 Å². The summed E-state index contributed by atoms with van der Waals surface area (Å²) in [6, 6.07) is 18.5. The third kappa shape index (κ3) is 2.89. The number of benzene rings is 2. The lowest BCUT2D eigenvalue weighted by atomic mass is 9.59. The van der Waals surface area contributed by atoms with Gasteiger partial charge in [-0.1, -0.05) is 54.6 Å². The van der Waals surface area contributed by atoms with Crippen LogP contribution in [0, 0.1) is 5.92 Å². The smallest absolute Gasteiger partial charge is 0.410 e. The van der Waals surface area contributed by atoms with Crippen LogP contribution >= 0.6 is 0 Å². The molecular weight excluding hydrogens is 416 g/mol. The molecule has 0 unspecified atom stereocenters. The fourth-order valence-electron chi connectivity index (χ4n) is 6.54. The molecule has 0 bridgehead atoms. The van der Waals surface area contributed by atoms with Crippen LogP contribution in [-0.4, -0.2) is 47.1 Å². The summed E-state index contributed by atoms with van der Waals surface area (Å²) in [5, 5.41) is 0. The average Bonchev–Trinajstić information content (AvgIpc) is 3.27. The molecule has 2 amide bonds. The standard InChI is InChI=1S/C27H30N2O4/c1-25(2,3)33-24(31)28-16-26(17-28)14-19-13-23(30)29-22(18-9-5-4-6-10-18)15-32-27(19,29)21-12-8-7-11-20(21)26/h4-12,19,22H,13-17H2,1-3H3/t19-,22+,27+/m0/s1. The quantitative estimate of drug-likeness (QED) is 0.654. The van der Waals surface area contributed by atoms with Gasteiger partial charge in [0.05, 0.1) is 12.6 Å². The predicted octanol–water partition coefficient (Wildman–Crippen LogP) is 4.35. The Balaban J connectivity index is 1.37. The van der Waals surface area contributed by atoms with Crippen molar-refractivity contribution < 1.29 is 19.1 Å². The van der Waals surface area contributed by atoms with Gasteiger partial charge in [-0.05, 0) is 38.3 Å². The van der Waals surface area contributed by atoms with E-state index in [9.17, 15) is 9.59 Å². The minimum Gasteiger partial charge on any atom is -0.444 e. The first-order chi connectivity index (χ1) is 15.7. The van der Waals surface area contributed by atoms with Gasteiger partial charge in [0.2, 0.25) is 5.91 Å². The Morgan fingerprint density at radius 3 is 2.39 bits per heavy atom. The highest BCUT2D eigenvalue weighted by Gasteiger charge is 2.68. The van der Waals surface area contributed by atoms with Crippen molar-refractivity contribution in [1.29, 1.82) is 0 Å². The Morgan fingerprint density at radius 1 is 1.03 bits per heavy atom. The van der Waals surface area contributed by atoms with Crippen molar-refractivity contribution >= 4 is 12.0 Å². The molecule has 3 heterocycles. The maximum Gasteiger partial charge on any atom is 0.410 e. The SMILES string of the molecule is CC(C)(C)OC(=O)N1CC2(C[C@@H]3CC(=O)N4[C@@H](c5ccccc5)CO[C@@]34c3ccccc32)C1. The number of nitrogens with zero attached hydrogens (tertiary/aromatic N) is 2. The first-order valence-corrected chi connectivity index (χ1v) is 11.8. The number of amides is 2. The van der Waals surface area contributed by atoms with E-state index in [1.54, 1.807) is 4.90 Å². The van der Waals surface area contributed by atoms with Gasteiger partial charge in [-0.3, -0.25) is 4.79 Å². The van der Waals surface area contributed by atoms with Crippen LogP contribution < -0.4 is 0 Å². The summed E-state index contributed by atoms with van der Waals surface area (Å²) in [5.74, 6) is 0.218. The van der Waals surface area contributed by atoms with Crippen molar-refractivity contribution in [1.82, 2.24) is 9.80 Å². The molecule has 3 fully saturated rings. The highest BCUT2D eigenvalue weighted by molar-refractivity contribution is 5.82. The molecule has 2 spiro atoms. The minimum atomic E-state index is -0.716. The molecule has 0 radical (unpaired) electrons. The van der Waals surface area contributed by atoms with Gasteiger partial charge >= 0.3 is 6.09 Å². The average molecular weight is 447 g/mol. The molecule has 33 heavy (non-hydrogen) atoms. The van der Waals surface area contributed by atoms with Gasteiger partial charge in [0.15, 0.2) is 5.72 Å². The molecule has 3 atom stereocenters. The first-order valence-electron chi connectivity index (χ1n) is 11.8. The van der Waals surface area contributed by atoms with Crippen molar-refractivity contribution in [3.63, 3.8) is 0 Å². The van der Waals surface area contributed by atoms with Crippen LogP contribution in [0.25, 0.3) is 0 Å². The monoisotopic (exact) mass is 446 g/mol. The van der Waals surface area contributed by atoms with Crippen molar-refractivity contribution in [2.45, 2.75) is 56.4 Å². The summed E-state index contributed by atoms with van der Waals surface area (Å²) in [6.45, 7) is 7.39. The lowest BCUT2D eigenvalue weighted by Gasteiger charge is -2.57. The second-order valence-electron chi connectivity index (χ2n) is 11.0. The van der Waals surface area contributed by atoms with Crippen LogP contribution in [0.15, 0.2) is 54.6 Å². The molecule has 2 aromatic rings. The van der Waals surface area contributed by atoms with Crippen molar-refractivity contribution in [3.05, 3.63) is 71.3 Å². The van der Waals surface area contributed by atoms with E-state index in [-0.39, 0.29) is 29.4 Å². The van der Waals surface area contributed by atoms with Crippen molar-refractivity contribution in [2.75, 3.05) is 19.7 Å². The second-order valence-corrected chi connectivity index (χ2v) is 11.0. The summed E-state index contributed by atoms with van der Waals surface area (Å²) in [4.78, 5) is 29.9. The van der Waals surface area contributed by atoms with Crippen LogP contribution in [0.5, 0.6) is 0 Å². The second kappa shape index (κ2) is 6.83. The lowest BCUT2D eigenvalue weighted by Crippen LogP contribution is -2.66. The third-order valence-corrected chi connectivity index (χ3v) is 7.72. The van der Waals surface area contributed by atoms with Gasteiger partial charge in [-0.2, -0.15) is 0 Å². The van der Waals surface area contributed by atoms with Gasteiger partial charge in [0.1, 0.15) is 5.60 Å². The number of rotatable bonds is 1. The third-order valence-electron chi connectivity index (χ3n) is 7.72. The number of ether oxygens (including phenoxy) is 2. The first kappa shape index (κ1) is 20.7. The molecule has 3 saturated heterocycles. The normalized spacial score (nSPS) is 29.4. The van der Waals surface area contributed by atoms with E-state index in [1.807, 2.05) is 49.9 Å². The van der Waals surface area contributed by atoms with Crippen LogP contribution in [0.4, 0.5) is 4.79 Å². The topological polar surface area (TPSA) is 59.1 Å². The molecule has 3 aliphatic heterocycles. The van der Waals surface area contributed by atoms with Crippen molar-refractivity contribution in [3.8, 4) is 0 Å². The van der Waals surface area contributed by atoms with Gasteiger partial charge in [-0.15, -0.1) is 0 Å². The highest BCUT2D eigenvalue weighted by atomic mass is 16.6. The zero-order chi connectivity index (χ0) is 23.0. The highest BCUT2D eigenvalue weighted by Crippen LogP contribution is 2.62. The summed E-state index contributed by atoms with van der Waals surface area (Å²) >= 11 is 0. The summed E-state index contributed by atoms with van der Waals surface area (Å²) in [5.41, 5.74) is 2.01. The summed E-state index contributed by atoms with van der Waals surface area (Å²) < 4.78 is 12.2. The minimum absolute atomic E-state index is 0.0643. The number of hydrogen-bond acceptors (Lipinski definition) is 4. The van der Waals surface area contributed by atoms with Crippen LogP contribution in [0.1, 0.15) is 56.3 Å². The molecule has 4 aliphatic rings. The Labute approximate surface area is 194 Å². The Morgan fingerprint density at radius 2 is 1.70 bits per heavy atom. The van der Waals surface area contributed by atoms with Gasteiger partial charge in [0, 0.05) is 36.4 Å². The fraction of sp³-hybridized carbons (Fsp3) is 0.481.